The van der Waals surface area contributed by atoms with E-state index in [9.17, 15) is 13.2 Å². The second kappa shape index (κ2) is 8.45. The SMILES string of the molecule is CCCCS(=O)(=O)N1CCN(CC(=O)c2cc(C)n(C(C)(C)C)c2C)CC1. The molecule has 0 radical (unpaired) electrons. The first-order chi connectivity index (χ1) is 12.5. The molecule has 0 spiro atoms. The number of piperazine rings is 1. The van der Waals surface area contributed by atoms with Gasteiger partial charge in [-0.1, -0.05) is 13.3 Å². The predicted octanol–water partition coefficient (Wildman–Crippen LogP) is 2.79. The fourth-order valence-electron chi connectivity index (χ4n) is 3.99. The van der Waals surface area contributed by atoms with Crippen LogP contribution in [0.4, 0.5) is 0 Å². The van der Waals surface area contributed by atoms with Crippen molar-refractivity contribution in [2.24, 2.45) is 0 Å². The Balaban J connectivity index is 1.99. The Morgan fingerprint density at radius 3 is 2.19 bits per heavy atom. The minimum atomic E-state index is -3.16. The maximum atomic E-state index is 12.9. The number of carbonyl (C=O) groups is 1. The maximum absolute atomic E-state index is 12.9. The number of carbonyl (C=O) groups excluding carboxylic acids is 1. The molecule has 2 heterocycles. The first-order valence-electron chi connectivity index (χ1n) is 9.90. The van der Waals surface area contributed by atoms with Crippen LogP contribution in [0.15, 0.2) is 6.07 Å². The van der Waals surface area contributed by atoms with Crippen molar-refractivity contribution in [3.05, 3.63) is 23.0 Å². The van der Waals surface area contributed by atoms with Crippen LogP contribution in [0, 0.1) is 13.8 Å². The summed E-state index contributed by atoms with van der Waals surface area (Å²) < 4.78 is 28.4. The summed E-state index contributed by atoms with van der Waals surface area (Å²) in [4.78, 5) is 14.9. The number of aryl methyl sites for hydroxylation is 1. The van der Waals surface area contributed by atoms with Crippen LogP contribution < -0.4 is 0 Å². The van der Waals surface area contributed by atoms with Gasteiger partial charge in [-0.25, -0.2) is 8.42 Å². The zero-order chi connectivity index (χ0) is 20.4. The summed E-state index contributed by atoms with van der Waals surface area (Å²) >= 11 is 0. The van der Waals surface area contributed by atoms with Crippen molar-refractivity contribution >= 4 is 15.8 Å². The summed E-state index contributed by atoms with van der Waals surface area (Å²) in [5, 5.41) is 0. The van der Waals surface area contributed by atoms with E-state index in [1.165, 1.54) is 0 Å². The van der Waals surface area contributed by atoms with Gasteiger partial charge in [-0.2, -0.15) is 4.31 Å². The Bertz CT molecular complexity index is 767. The molecule has 2 rings (SSSR count). The first kappa shape index (κ1) is 22.1. The van der Waals surface area contributed by atoms with E-state index in [-0.39, 0.29) is 17.1 Å². The molecule has 154 valence electrons. The van der Waals surface area contributed by atoms with Crippen molar-refractivity contribution < 1.29 is 13.2 Å². The molecule has 7 heteroatoms. The number of hydrogen-bond donors (Lipinski definition) is 0. The lowest BCUT2D eigenvalue weighted by Gasteiger charge is -2.33. The van der Waals surface area contributed by atoms with Crippen LogP contribution in [-0.4, -0.2) is 66.4 Å². The van der Waals surface area contributed by atoms with E-state index in [0.717, 1.165) is 23.4 Å². The first-order valence-corrected chi connectivity index (χ1v) is 11.5. The van der Waals surface area contributed by atoms with Crippen LogP contribution >= 0.6 is 0 Å². The van der Waals surface area contributed by atoms with Gasteiger partial charge in [-0.15, -0.1) is 0 Å². The van der Waals surface area contributed by atoms with Crippen molar-refractivity contribution in [1.82, 2.24) is 13.8 Å². The van der Waals surface area contributed by atoms with E-state index in [1.807, 2.05) is 26.8 Å². The third-order valence-electron chi connectivity index (χ3n) is 5.25. The van der Waals surface area contributed by atoms with Gasteiger partial charge in [0.1, 0.15) is 0 Å². The molecule has 1 aliphatic rings. The number of hydrogen-bond acceptors (Lipinski definition) is 4. The van der Waals surface area contributed by atoms with Crippen molar-refractivity contribution in [2.75, 3.05) is 38.5 Å². The highest BCUT2D eigenvalue weighted by molar-refractivity contribution is 7.89. The second-order valence-electron chi connectivity index (χ2n) is 8.56. The summed E-state index contributed by atoms with van der Waals surface area (Å²) in [6.07, 6.45) is 1.57. The lowest BCUT2D eigenvalue weighted by molar-refractivity contribution is 0.0901. The lowest BCUT2D eigenvalue weighted by Crippen LogP contribution is -2.50. The molecule has 27 heavy (non-hydrogen) atoms. The fraction of sp³-hybridized carbons (Fsp3) is 0.750. The normalized spacial score (nSPS) is 17.4. The van der Waals surface area contributed by atoms with Crippen molar-refractivity contribution in [1.29, 1.82) is 0 Å². The molecule has 0 N–H and O–H groups in total. The molecular weight excluding hydrogens is 362 g/mol. The van der Waals surface area contributed by atoms with Gasteiger partial charge in [0.25, 0.3) is 0 Å². The Morgan fingerprint density at radius 1 is 1.11 bits per heavy atom. The van der Waals surface area contributed by atoms with Gasteiger partial charge in [-0.3, -0.25) is 9.69 Å². The Kier molecular flexibility index (Phi) is 6.92. The number of rotatable bonds is 7. The van der Waals surface area contributed by atoms with E-state index in [4.69, 9.17) is 0 Å². The molecule has 0 bridgehead atoms. The lowest BCUT2D eigenvalue weighted by atomic mass is 10.1. The molecular formula is C20H35N3O3S. The molecule has 1 aromatic heterocycles. The van der Waals surface area contributed by atoms with Gasteiger partial charge in [0.15, 0.2) is 5.78 Å². The number of aromatic nitrogens is 1. The monoisotopic (exact) mass is 397 g/mol. The number of nitrogens with zero attached hydrogens (tertiary/aromatic N) is 3. The van der Waals surface area contributed by atoms with Crippen molar-refractivity contribution in [3.63, 3.8) is 0 Å². The van der Waals surface area contributed by atoms with Gasteiger partial charge >= 0.3 is 0 Å². The van der Waals surface area contributed by atoms with E-state index in [0.29, 0.717) is 39.1 Å². The van der Waals surface area contributed by atoms with E-state index < -0.39 is 10.0 Å². The molecule has 1 aromatic rings. The van der Waals surface area contributed by atoms with Gasteiger partial charge in [-0.05, 0) is 47.1 Å². The third-order valence-corrected chi connectivity index (χ3v) is 7.21. The van der Waals surface area contributed by atoms with Crippen LogP contribution in [-0.2, 0) is 15.6 Å². The highest BCUT2D eigenvalue weighted by atomic mass is 32.2. The third kappa shape index (κ3) is 5.21. The van der Waals surface area contributed by atoms with Crippen LogP contribution in [0.5, 0.6) is 0 Å². The predicted molar refractivity (Wildman–Crippen MR) is 110 cm³/mol. The molecule has 0 aliphatic carbocycles. The van der Waals surface area contributed by atoms with Crippen LogP contribution in [0.3, 0.4) is 0 Å². The summed E-state index contributed by atoms with van der Waals surface area (Å²) in [5.74, 6) is 0.335. The molecule has 0 aromatic carbocycles. The quantitative estimate of drug-likeness (QED) is 0.664. The summed E-state index contributed by atoms with van der Waals surface area (Å²) in [7, 11) is -3.16. The summed E-state index contributed by atoms with van der Waals surface area (Å²) in [5.41, 5.74) is 2.81. The zero-order valence-corrected chi connectivity index (χ0v) is 18.5. The summed E-state index contributed by atoms with van der Waals surface area (Å²) in [6.45, 7) is 15.0. The molecule has 1 saturated heterocycles. The maximum Gasteiger partial charge on any atom is 0.214 e. The molecule has 6 nitrogen and oxygen atoms in total. The minimum absolute atomic E-state index is 0.0643. The van der Waals surface area contributed by atoms with Crippen molar-refractivity contribution in [2.45, 2.75) is 59.9 Å². The largest absolute Gasteiger partial charge is 0.343 e. The highest BCUT2D eigenvalue weighted by Crippen LogP contribution is 2.25. The smallest absolute Gasteiger partial charge is 0.214 e. The molecule has 0 saturated carbocycles. The number of ketones is 1. The number of sulfonamides is 1. The highest BCUT2D eigenvalue weighted by Gasteiger charge is 2.28. The van der Waals surface area contributed by atoms with Crippen LogP contribution in [0.1, 0.15) is 62.3 Å². The average molecular weight is 398 g/mol. The average Bonchev–Trinajstić information content (AvgIpc) is 2.88. The van der Waals surface area contributed by atoms with E-state index in [2.05, 4.69) is 30.2 Å². The van der Waals surface area contributed by atoms with Crippen LogP contribution in [0.2, 0.25) is 0 Å². The number of Topliss-reactive ketones (excluding diaryl/α,β-unsaturated/α-hetero) is 1. The van der Waals surface area contributed by atoms with Gasteiger partial charge < -0.3 is 4.57 Å². The van der Waals surface area contributed by atoms with Crippen LogP contribution in [0.25, 0.3) is 0 Å². The number of unbranched alkanes of at least 4 members (excludes halogenated alkanes) is 1. The topological polar surface area (TPSA) is 62.6 Å². The second-order valence-corrected chi connectivity index (χ2v) is 10.6. The Morgan fingerprint density at radius 2 is 1.70 bits per heavy atom. The molecule has 1 aliphatic heterocycles. The van der Waals surface area contributed by atoms with E-state index >= 15 is 0 Å². The van der Waals surface area contributed by atoms with Gasteiger partial charge in [0, 0.05) is 48.7 Å². The minimum Gasteiger partial charge on any atom is -0.343 e. The van der Waals surface area contributed by atoms with Crippen molar-refractivity contribution in [3.8, 4) is 0 Å². The zero-order valence-electron chi connectivity index (χ0n) is 17.7. The molecule has 0 unspecified atom stereocenters. The molecule has 0 atom stereocenters. The van der Waals surface area contributed by atoms with E-state index in [1.54, 1.807) is 4.31 Å². The molecule has 1 fully saturated rings. The Labute approximate surface area is 164 Å². The summed E-state index contributed by atoms with van der Waals surface area (Å²) in [6, 6.07) is 1.98. The standard InChI is InChI=1S/C20H35N3O3S/c1-7-8-13-27(25,26)22-11-9-21(10-12-22)15-19(24)18-14-16(2)23(17(18)3)20(4,5)6/h14H,7-13,15H2,1-6H3. The van der Waals surface area contributed by atoms with Gasteiger partial charge in [0.05, 0.1) is 12.3 Å². The Hall–Kier alpha value is -1.18. The fourth-order valence-corrected chi connectivity index (χ4v) is 5.62. The molecule has 0 amide bonds. The van der Waals surface area contributed by atoms with Gasteiger partial charge in [0.2, 0.25) is 10.0 Å².